The van der Waals surface area contributed by atoms with E-state index in [0.29, 0.717) is 52.0 Å². The van der Waals surface area contributed by atoms with Crippen LogP contribution < -0.4 is 15.8 Å². The molecule has 0 amide bonds. The van der Waals surface area contributed by atoms with Crippen molar-refractivity contribution >= 4 is 17.2 Å². The van der Waals surface area contributed by atoms with E-state index in [9.17, 15) is 13.2 Å². The molecule has 3 aromatic rings. The van der Waals surface area contributed by atoms with Gasteiger partial charge >= 0.3 is 0 Å². The van der Waals surface area contributed by atoms with Crippen molar-refractivity contribution in [3.63, 3.8) is 0 Å². The van der Waals surface area contributed by atoms with Gasteiger partial charge < -0.3 is 21.2 Å². The third-order valence-corrected chi connectivity index (χ3v) is 6.53. The number of rotatable bonds is 5. The number of hydrogen-bond donors (Lipinski definition) is 3. The van der Waals surface area contributed by atoms with Gasteiger partial charge in [-0.15, -0.1) is 0 Å². The molecule has 4 N–H and O–H groups in total. The fraction of sp³-hybridized carbons (Fsp3) is 0.346. The summed E-state index contributed by atoms with van der Waals surface area (Å²) in [5, 5.41) is 16.2. The number of nitrogens with one attached hydrogen (secondary N) is 2. The molecule has 10 heteroatoms. The van der Waals surface area contributed by atoms with E-state index in [1.807, 2.05) is 0 Å². The summed E-state index contributed by atoms with van der Waals surface area (Å²) in [5.74, 6) is 0.510. The van der Waals surface area contributed by atoms with Crippen molar-refractivity contribution in [3.8, 4) is 11.4 Å². The molecular weight excluding hydrogens is 469 g/mol. The van der Waals surface area contributed by atoms with Crippen LogP contribution in [0, 0.1) is 17.1 Å². The van der Waals surface area contributed by atoms with Gasteiger partial charge in [0.2, 0.25) is 0 Å². The highest BCUT2D eigenvalue weighted by Crippen LogP contribution is 2.35. The Labute approximate surface area is 206 Å². The Hall–Kier alpha value is -3.82. The Kier molecular flexibility index (Phi) is 6.19. The molecule has 1 aromatic carbocycles. The van der Waals surface area contributed by atoms with Crippen LogP contribution in [0.25, 0.3) is 11.4 Å². The number of nitrogens with two attached hydrogens (primary N) is 1. The highest BCUT2D eigenvalue weighted by molar-refractivity contribution is 6.03. The Morgan fingerprint density at radius 2 is 2.06 bits per heavy atom. The van der Waals surface area contributed by atoms with Crippen molar-refractivity contribution in [3.05, 3.63) is 70.4 Å². The molecule has 3 heterocycles. The number of hydrogen-bond acceptors (Lipinski definition) is 6. The second-order valence-electron chi connectivity index (χ2n) is 9.32. The summed E-state index contributed by atoms with van der Waals surface area (Å²) in [4.78, 5) is 4.31. The number of fused-ring (bicyclic) bond motifs is 5. The lowest BCUT2D eigenvalue weighted by molar-refractivity contribution is 0.145. The topological polar surface area (TPSA) is 102 Å². The molecular formula is C26H27F3N6O. The van der Waals surface area contributed by atoms with Crippen LogP contribution in [0.4, 0.5) is 19.0 Å². The van der Waals surface area contributed by atoms with Crippen LogP contribution in [-0.2, 0) is 6.42 Å². The van der Waals surface area contributed by atoms with Gasteiger partial charge in [-0.25, -0.2) is 22.8 Å². The SMILES string of the molecule is CC(=N)/C1=C(\NCC2CC2)c2cnc(N)c(c2)O[C@H](C)c2cc(F)ccc2-n2nc(C(F)F)cc2C1. The Balaban J connectivity index is 1.77. The summed E-state index contributed by atoms with van der Waals surface area (Å²) in [6.45, 7) is 4.09. The van der Waals surface area contributed by atoms with Gasteiger partial charge in [-0.3, -0.25) is 0 Å². The van der Waals surface area contributed by atoms with Crippen LogP contribution in [0.1, 0.15) is 61.7 Å². The Bertz CT molecular complexity index is 1360. The number of benzene rings is 1. The highest BCUT2D eigenvalue weighted by Gasteiger charge is 2.27. The lowest BCUT2D eigenvalue weighted by Gasteiger charge is -2.23. The van der Waals surface area contributed by atoms with Crippen LogP contribution in [0.3, 0.4) is 0 Å². The molecule has 1 fully saturated rings. The van der Waals surface area contributed by atoms with Gasteiger partial charge in [0.15, 0.2) is 11.6 Å². The molecule has 5 rings (SSSR count). The average Bonchev–Trinajstić information content (AvgIpc) is 3.56. The van der Waals surface area contributed by atoms with E-state index in [4.69, 9.17) is 15.9 Å². The normalized spacial score (nSPS) is 19.6. The minimum absolute atomic E-state index is 0.147. The zero-order valence-electron chi connectivity index (χ0n) is 20.0. The molecule has 7 nitrogen and oxygen atoms in total. The molecule has 188 valence electrons. The minimum Gasteiger partial charge on any atom is -0.482 e. The molecule has 2 aromatic heterocycles. The van der Waals surface area contributed by atoms with Gasteiger partial charge in [0.05, 0.1) is 5.69 Å². The standard InChI is InChI=1S/C26H27F3N6O/c1-13(30)19-9-18-10-21(25(28)29)34-35(18)22-6-5-17(27)8-20(22)14(2)36-23-7-16(12-33-26(23)31)24(19)32-11-15-3-4-15/h5-8,10,12,14-15,25,30,32H,3-4,9,11H2,1-2H3,(H2,31,33)/b24-19-,30-13?/t14-/m1/s1. The van der Waals surface area contributed by atoms with E-state index >= 15 is 0 Å². The molecule has 0 spiro atoms. The zero-order chi connectivity index (χ0) is 25.6. The number of ether oxygens (including phenoxy) is 1. The third-order valence-electron chi connectivity index (χ3n) is 6.53. The molecule has 1 atom stereocenters. The lowest BCUT2D eigenvalue weighted by atomic mass is 9.98. The molecule has 0 saturated heterocycles. The number of nitrogen functional groups attached to an aromatic ring is 1. The van der Waals surface area contributed by atoms with Gasteiger partial charge in [0.1, 0.15) is 17.6 Å². The average molecular weight is 497 g/mol. The first kappa shape index (κ1) is 23.9. The summed E-state index contributed by atoms with van der Waals surface area (Å²) >= 11 is 0. The quantitative estimate of drug-likeness (QED) is 0.412. The molecule has 36 heavy (non-hydrogen) atoms. The summed E-state index contributed by atoms with van der Waals surface area (Å²) in [5.41, 5.74) is 9.19. The highest BCUT2D eigenvalue weighted by atomic mass is 19.3. The number of aromatic nitrogens is 3. The first-order valence-corrected chi connectivity index (χ1v) is 11.8. The number of nitrogens with zero attached hydrogens (tertiary/aromatic N) is 3. The van der Waals surface area contributed by atoms with Crippen molar-refractivity contribution in [1.29, 1.82) is 5.41 Å². The Morgan fingerprint density at radius 3 is 2.75 bits per heavy atom. The molecule has 0 unspecified atom stereocenters. The van der Waals surface area contributed by atoms with E-state index in [2.05, 4.69) is 15.4 Å². The zero-order valence-corrected chi connectivity index (χ0v) is 20.0. The van der Waals surface area contributed by atoms with Gasteiger partial charge in [-0.05, 0) is 62.9 Å². The Morgan fingerprint density at radius 1 is 1.28 bits per heavy atom. The molecule has 2 bridgehead atoms. The van der Waals surface area contributed by atoms with Gasteiger partial charge in [-0.1, -0.05) is 0 Å². The summed E-state index contributed by atoms with van der Waals surface area (Å²) in [7, 11) is 0. The van der Waals surface area contributed by atoms with E-state index in [1.165, 1.54) is 28.9 Å². The van der Waals surface area contributed by atoms with Gasteiger partial charge in [0, 0.05) is 53.0 Å². The molecule has 1 saturated carbocycles. The van der Waals surface area contributed by atoms with Crippen molar-refractivity contribution in [2.75, 3.05) is 12.3 Å². The molecule has 2 aliphatic rings. The predicted octanol–water partition coefficient (Wildman–Crippen LogP) is 5.37. The second-order valence-corrected chi connectivity index (χ2v) is 9.32. The molecule has 1 aliphatic heterocycles. The van der Waals surface area contributed by atoms with Gasteiger partial charge in [-0.2, -0.15) is 5.10 Å². The first-order valence-electron chi connectivity index (χ1n) is 11.8. The van der Waals surface area contributed by atoms with Crippen LogP contribution in [0.5, 0.6) is 5.75 Å². The monoisotopic (exact) mass is 496 g/mol. The lowest BCUT2D eigenvalue weighted by Crippen LogP contribution is -2.22. The largest absolute Gasteiger partial charge is 0.482 e. The number of pyridine rings is 1. The van der Waals surface area contributed by atoms with Gasteiger partial charge in [0.25, 0.3) is 6.43 Å². The van der Waals surface area contributed by atoms with Crippen LogP contribution in [-0.4, -0.2) is 27.0 Å². The number of anilines is 1. The smallest absolute Gasteiger partial charge is 0.282 e. The maximum absolute atomic E-state index is 14.3. The minimum atomic E-state index is -2.79. The summed E-state index contributed by atoms with van der Waals surface area (Å²) in [6.07, 6.45) is 0.516. The van der Waals surface area contributed by atoms with Crippen molar-refractivity contribution in [2.45, 2.75) is 45.6 Å². The van der Waals surface area contributed by atoms with E-state index in [1.54, 1.807) is 26.1 Å². The second kappa shape index (κ2) is 9.33. The number of halogens is 3. The predicted molar refractivity (Wildman–Crippen MR) is 131 cm³/mol. The summed E-state index contributed by atoms with van der Waals surface area (Å²) < 4.78 is 49.4. The van der Waals surface area contributed by atoms with E-state index in [0.717, 1.165) is 12.8 Å². The van der Waals surface area contributed by atoms with Crippen LogP contribution >= 0.6 is 0 Å². The number of alkyl halides is 2. The van der Waals surface area contributed by atoms with Crippen LogP contribution in [0.15, 0.2) is 42.1 Å². The molecule has 0 radical (unpaired) electrons. The maximum atomic E-state index is 14.3. The van der Waals surface area contributed by atoms with Crippen LogP contribution in [0.2, 0.25) is 0 Å². The van der Waals surface area contributed by atoms with Crippen molar-refractivity contribution < 1.29 is 17.9 Å². The first-order chi connectivity index (χ1) is 17.2. The number of allylic oxidation sites excluding steroid dienone is 1. The maximum Gasteiger partial charge on any atom is 0.282 e. The van der Waals surface area contributed by atoms with E-state index in [-0.39, 0.29) is 18.0 Å². The third kappa shape index (κ3) is 4.67. The fourth-order valence-electron chi connectivity index (χ4n) is 4.41. The fourth-order valence-corrected chi connectivity index (χ4v) is 4.41. The van der Waals surface area contributed by atoms with Crippen molar-refractivity contribution in [1.82, 2.24) is 20.1 Å². The van der Waals surface area contributed by atoms with E-state index < -0.39 is 24.0 Å². The summed E-state index contributed by atoms with van der Waals surface area (Å²) in [6, 6.07) is 7.13. The van der Waals surface area contributed by atoms with Crippen molar-refractivity contribution in [2.24, 2.45) is 5.92 Å². The molecule has 1 aliphatic carbocycles.